The molecular formula is C20H28N4OS. The number of thioether (sulfide) groups is 1. The number of aromatic nitrogens is 3. The molecule has 1 atom stereocenters. The molecule has 0 aliphatic carbocycles. The van der Waals surface area contributed by atoms with Crippen molar-refractivity contribution in [2.75, 3.05) is 5.32 Å². The van der Waals surface area contributed by atoms with E-state index in [1.54, 1.807) is 0 Å². The first-order chi connectivity index (χ1) is 12.5. The maximum atomic E-state index is 12.8. The molecule has 0 spiro atoms. The number of amides is 1. The van der Waals surface area contributed by atoms with Crippen molar-refractivity contribution in [3.05, 3.63) is 35.2 Å². The van der Waals surface area contributed by atoms with Gasteiger partial charge < -0.3 is 9.88 Å². The Balaban J connectivity index is 1.73. The zero-order chi connectivity index (χ0) is 18.7. The molecule has 0 unspecified atom stereocenters. The van der Waals surface area contributed by atoms with Crippen LogP contribution in [0.3, 0.4) is 0 Å². The summed E-state index contributed by atoms with van der Waals surface area (Å²) in [4.78, 5) is 12.8. The summed E-state index contributed by atoms with van der Waals surface area (Å²) >= 11 is 1.50. The van der Waals surface area contributed by atoms with E-state index < -0.39 is 0 Å². The lowest BCUT2D eigenvalue weighted by Gasteiger charge is -2.18. The lowest BCUT2D eigenvalue weighted by molar-refractivity contribution is -0.115. The van der Waals surface area contributed by atoms with E-state index in [2.05, 4.69) is 40.0 Å². The second-order valence-electron chi connectivity index (χ2n) is 7.30. The van der Waals surface area contributed by atoms with Crippen molar-refractivity contribution in [1.29, 1.82) is 0 Å². The van der Waals surface area contributed by atoms with Gasteiger partial charge in [0.05, 0.1) is 5.25 Å². The summed E-state index contributed by atoms with van der Waals surface area (Å²) in [5.74, 6) is 1.43. The van der Waals surface area contributed by atoms with Gasteiger partial charge in [-0.25, -0.2) is 0 Å². The molecule has 0 fully saturated rings. The fourth-order valence-corrected chi connectivity index (χ4v) is 4.22. The Bertz CT molecular complexity index is 784. The Labute approximate surface area is 160 Å². The maximum Gasteiger partial charge on any atom is 0.237 e. The summed E-state index contributed by atoms with van der Waals surface area (Å²) in [5.41, 5.74) is 3.21. The number of para-hydroxylation sites is 1. The van der Waals surface area contributed by atoms with Crippen LogP contribution in [0.25, 0.3) is 0 Å². The number of hydrogen-bond donors (Lipinski definition) is 1. The van der Waals surface area contributed by atoms with Crippen LogP contribution in [0, 0.1) is 6.92 Å². The lowest BCUT2D eigenvalue weighted by Crippen LogP contribution is -2.24. The van der Waals surface area contributed by atoms with Crippen LogP contribution < -0.4 is 5.32 Å². The first-order valence-corrected chi connectivity index (χ1v) is 10.3. The number of aryl methyl sites for hydroxylation is 2. The standard InChI is InChI=1S/C20H28N4OS/c1-13(2)16-10-8-9-14(3)18(16)21-19(25)15(4)26-20-23-22-17-11-6-5-7-12-24(17)20/h8-10,13,15H,5-7,11-12H2,1-4H3,(H,21,25)/t15-/m0/s1. The highest BCUT2D eigenvalue weighted by Crippen LogP contribution is 2.30. The van der Waals surface area contributed by atoms with Gasteiger partial charge in [0, 0.05) is 18.7 Å². The monoisotopic (exact) mass is 372 g/mol. The molecule has 6 heteroatoms. The molecule has 1 aromatic heterocycles. The van der Waals surface area contributed by atoms with Crippen LogP contribution in [-0.2, 0) is 17.8 Å². The Hall–Kier alpha value is -1.82. The number of benzene rings is 1. The van der Waals surface area contributed by atoms with Crippen LogP contribution in [0.15, 0.2) is 23.4 Å². The molecule has 1 aliphatic heterocycles. The second-order valence-corrected chi connectivity index (χ2v) is 8.61. The second kappa shape index (κ2) is 8.25. The van der Waals surface area contributed by atoms with Crippen LogP contribution in [0.5, 0.6) is 0 Å². The van der Waals surface area contributed by atoms with Crippen LogP contribution in [-0.4, -0.2) is 25.9 Å². The van der Waals surface area contributed by atoms with E-state index in [0.717, 1.165) is 41.6 Å². The van der Waals surface area contributed by atoms with Crippen molar-refractivity contribution in [3.8, 4) is 0 Å². The van der Waals surface area contributed by atoms with Crippen molar-refractivity contribution in [1.82, 2.24) is 14.8 Å². The molecule has 0 saturated carbocycles. The van der Waals surface area contributed by atoms with Gasteiger partial charge in [0.15, 0.2) is 5.16 Å². The molecule has 26 heavy (non-hydrogen) atoms. The van der Waals surface area contributed by atoms with Crippen LogP contribution in [0.1, 0.15) is 62.9 Å². The Morgan fingerprint density at radius 2 is 2.00 bits per heavy atom. The third-order valence-electron chi connectivity index (χ3n) is 4.90. The number of fused-ring (bicyclic) bond motifs is 1. The highest BCUT2D eigenvalue weighted by Gasteiger charge is 2.22. The minimum atomic E-state index is -0.230. The summed E-state index contributed by atoms with van der Waals surface area (Å²) in [6.45, 7) is 9.22. The first-order valence-electron chi connectivity index (χ1n) is 9.46. The molecule has 0 bridgehead atoms. The lowest BCUT2D eigenvalue weighted by atomic mass is 9.98. The Kier molecular flexibility index (Phi) is 6.01. The SMILES string of the molecule is Cc1cccc(C(C)C)c1NC(=O)[C@H](C)Sc1nnc2n1CCCCC2. The number of carbonyl (C=O) groups is 1. The number of anilines is 1. The highest BCUT2D eigenvalue weighted by atomic mass is 32.2. The molecule has 140 valence electrons. The minimum absolute atomic E-state index is 0.0113. The topological polar surface area (TPSA) is 59.8 Å². The molecule has 0 saturated heterocycles. The summed E-state index contributed by atoms with van der Waals surface area (Å²) in [6.07, 6.45) is 4.54. The summed E-state index contributed by atoms with van der Waals surface area (Å²) in [5, 5.41) is 12.4. The molecule has 1 N–H and O–H groups in total. The van der Waals surface area contributed by atoms with E-state index in [-0.39, 0.29) is 11.2 Å². The number of nitrogens with zero attached hydrogens (tertiary/aromatic N) is 3. The van der Waals surface area contributed by atoms with Crippen molar-refractivity contribution in [2.24, 2.45) is 0 Å². The van der Waals surface area contributed by atoms with E-state index in [9.17, 15) is 4.79 Å². The van der Waals surface area contributed by atoms with Crippen molar-refractivity contribution >= 4 is 23.4 Å². The smallest absolute Gasteiger partial charge is 0.237 e. The molecule has 1 amide bonds. The zero-order valence-electron chi connectivity index (χ0n) is 16.1. The number of carbonyl (C=O) groups excluding carboxylic acids is 1. The zero-order valence-corrected chi connectivity index (χ0v) is 16.9. The fraction of sp³-hybridized carbons (Fsp3) is 0.550. The molecule has 1 aliphatic rings. The van der Waals surface area contributed by atoms with Crippen molar-refractivity contribution in [3.63, 3.8) is 0 Å². The van der Waals surface area contributed by atoms with Crippen molar-refractivity contribution < 1.29 is 4.79 Å². The van der Waals surface area contributed by atoms with E-state index in [0.29, 0.717) is 5.92 Å². The van der Waals surface area contributed by atoms with Gasteiger partial charge in [-0.3, -0.25) is 4.79 Å². The summed E-state index contributed by atoms with van der Waals surface area (Å²) in [7, 11) is 0. The number of hydrogen-bond acceptors (Lipinski definition) is 4. The first kappa shape index (κ1) is 19.0. The van der Waals surface area contributed by atoms with Gasteiger partial charge in [-0.05, 0) is 43.7 Å². The summed E-state index contributed by atoms with van der Waals surface area (Å²) < 4.78 is 2.19. The van der Waals surface area contributed by atoms with Gasteiger partial charge in [-0.1, -0.05) is 50.2 Å². The Morgan fingerprint density at radius 1 is 1.19 bits per heavy atom. The predicted octanol–water partition coefficient (Wildman–Crippen LogP) is 4.56. The third kappa shape index (κ3) is 4.11. The van der Waals surface area contributed by atoms with Gasteiger partial charge in [-0.15, -0.1) is 10.2 Å². The average Bonchev–Trinajstić information content (AvgIpc) is 2.83. The van der Waals surface area contributed by atoms with Gasteiger partial charge >= 0.3 is 0 Å². The fourth-order valence-electron chi connectivity index (χ4n) is 3.32. The maximum absolute atomic E-state index is 12.8. The van der Waals surface area contributed by atoms with Crippen LogP contribution in [0.2, 0.25) is 0 Å². The van der Waals surface area contributed by atoms with Gasteiger partial charge in [-0.2, -0.15) is 0 Å². The van der Waals surface area contributed by atoms with Gasteiger partial charge in [0.2, 0.25) is 5.91 Å². The molecule has 5 nitrogen and oxygen atoms in total. The molecule has 2 heterocycles. The van der Waals surface area contributed by atoms with E-state index in [1.807, 2.05) is 26.0 Å². The normalized spacial score (nSPS) is 15.4. The number of nitrogens with one attached hydrogen (secondary N) is 1. The quantitative estimate of drug-likeness (QED) is 0.782. The van der Waals surface area contributed by atoms with E-state index >= 15 is 0 Å². The molecule has 2 aromatic rings. The van der Waals surface area contributed by atoms with Gasteiger partial charge in [0.25, 0.3) is 0 Å². The minimum Gasteiger partial charge on any atom is -0.325 e. The summed E-state index contributed by atoms with van der Waals surface area (Å²) in [6, 6.07) is 6.17. The molecule has 0 radical (unpaired) electrons. The van der Waals surface area contributed by atoms with E-state index in [4.69, 9.17) is 0 Å². The molecule has 1 aromatic carbocycles. The van der Waals surface area contributed by atoms with Crippen molar-refractivity contribution in [2.45, 2.75) is 76.2 Å². The largest absolute Gasteiger partial charge is 0.325 e. The van der Waals surface area contributed by atoms with Crippen LogP contribution in [0.4, 0.5) is 5.69 Å². The van der Waals surface area contributed by atoms with E-state index in [1.165, 1.54) is 30.2 Å². The van der Waals surface area contributed by atoms with Gasteiger partial charge in [0.1, 0.15) is 5.82 Å². The molecule has 3 rings (SSSR count). The Morgan fingerprint density at radius 3 is 2.77 bits per heavy atom. The predicted molar refractivity (Wildman–Crippen MR) is 107 cm³/mol. The average molecular weight is 373 g/mol. The number of rotatable bonds is 5. The molecular weight excluding hydrogens is 344 g/mol. The van der Waals surface area contributed by atoms with Crippen LogP contribution >= 0.6 is 11.8 Å². The highest BCUT2D eigenvalue weighted by molar-refractivity contribution is 8.00. The third-order valence-corrected chi connectivity index (χ3v) is 5.98.